The summed E-state index contributed by atoms with van der Waals surface area (Å²) in [5.74, 6) is 0. The minimum Gasteiger partial charge on any atom is -0.329 e. The van der Waals surface area contributed by atoms with Gasteiger partial charge in [-0.3, -0.25) is 0 Å². The predicted octanol–water partition coefficient (Wildman–Crippen LogP) is 2.84. The van der Waals surface area contributed by atoms with Gasteiger partial charge in [-0.15, -0.1) is 0 Å². The van der Waals surface area contributed by atoms with Crippen molar-refractivity contribution in [2.45, 2.75) is 58.4 Å². The molecule has 1 aliphatic carbocycles. The normalized spacial score (nSPS) is 29.8. The van der Waals surface area contributed by atoms with E-state index in [0.29, 0.717) is 5.41 Å². The van der Waals surface area contributed by atoms with Crippen LogP contribution < -0.4 is 11.1 Å². The lowest BCUT2D eigenvalue weighted by molar-refractivity contribution is 0.272. The molecule has 0 aromatic carbocycles. The highest BCUT2D eigenvalue weighted by Gasteiger charge is 2.33. The Labute approximate surface area is 101 Å². The van der Waals surface area contributed by atoms with E-state index in [1.165, 1.54) is 37.7 Å². The molecule has 1 atom stereocenters. The smallest absolute Gasteiger partial charge is 0.0307 e. The fraction of sp³-hybridized carbons (Fsp3) is 0.857. The molecule has 94 valence electrons. The van der Waals surface area contributed by atoms with Gasteiger partial charge in [-0.25, -0.2) is 0 Å². The van der Waals surface area contributed by atoms with Crippen LogP contribution in [-0.2, 0) is 0 Å². The van der Waals surface area contributed by atoms with Crippen molar-refractivity contribution in [3.63, 3.8) is 0 Å². The number of hydrogen-bond acceptors (Lipinski definition) is 2. The number of nitrogens with two attached hydrogens (primary N) is 1. The first-order chi connectivity index (χ1) is 7.39. The van der Waals surface area contributed by atoms with Crippen LogP contribution in [0, 0.1) is 5.41 Å². The maximum atomic E-state index is 5.99. The van der Waals surface area contributed by atoms with Crippen molar-refractivity contribution in [1.82, 2.24) is 5.32 Å². The summed E-state index contributed by atoms with van der Waals surface area (Å²) in [5, 5.41) is 3.64. The summed E-state index contributed by atoms with van der Waals surface area (Å²) >= 11 is 0. The van der Waals surface area contributed by atoms with Gasteiger partial charge in [-0.1, -0.05) is 32.4 Å². The summed E-state index contributed by atoms with van der Waals surface area (Å²) in [6, 6.07) is 0. The number of nitrogens with one attached hydrogen (secondary N) is 1. The summed E-state index contributed by atoms with van der Waals surface area (Å²) in [5.41, 5.74) is 7.83. The molecule has 1 saturated carbocycles. The van der Waals surface area contributed by atoms with Crippen LogP contribution in [0.3, 0.4) is 0 Å². The fourth-order valence-electron chi connectivity index (χ4n) is 2.52. The predicted molar refractivity (Wildman–Crippen MR) is 71.5 cm³/mol. The van der Waals surface area contributed by atoms with Crippen LogP contribution in [0.2, 0.25) is 0 Å². The van der Waals surface area contributed by atoms with Gasteiger partial charge >= 0.3 is 0 Å². The maximum absolute atomic E-state index is 5.99. The molecule has 0 bridgehead atoms. The van der Waals surface area contributed by atoms with Crippen LogP contribution in [0.25, 0.3) is 0 Å². The summed E-state index contributed by atoms with van der Waals surface area (Å²) in [6.45, 7) is 12.4. The van der Waals surface area contributed by atoms with Crippen LogP contribution in [0.4, 0.5) is 0 Å². The van der Waals surface area contributed by atoms with Gasteiger partial charge in [0.2, 0.25) is 0 Å². The Kier molecular flexibility index (Phi) is 4.57. The number of hydrogen-bond donors (Lipinski definition) is 2. The van der Waals surface area contributed by atoms with Gasteiger partial charge < -0.3 is 11.1 Å². The van der Waals surface area contributed by atoms with Crippen LogP contribution in [0.5, 0.6) is 0 Å². The monoisotopic (exact) mass is 224 g/mol. The van der Waals surface area contributed by atoms with E-state index in [4.69, 9.17) is 5.73 Å². The van der Waals surface area contributed by atoms with Crippen molar-refractivity contribution in [1.29, 1.82) is 0 Å². The van der Waals surface area contributed by atoms with Crippen molar-refractivity contribution >= 4 is 0 Å². The Bertz CT molecular complexity index is 245. The van der Waals surface area contributed by atoms with E-state index in [1.54, 1.807) is 0 Å². The zero-order chi connectivity index (χ0) is 12.2. The molecule has 0 amide bonds. The first-order valence-corrected chi connectivity index (χ1v) is 6.49. The van der Waals surface area contributed by atoms with E-state index in [1.807, 2.05) is 0 Å². The average Bonchev–Trinajstić information content (AvgIpc) is 2.35. The van der Waals surface area contributed by atoms with Crippen LogP contribution >= 0.6 is 0 Å². The molecule has 0 aromatic heterocycles. The Morgan fingerprint density at radius 1 is 1.25 bits per heavy atom. The van der Waals surface area contributed by atoms with Gasteiger partial charge in [0.1, 0.15) is 0 Å². The molecule has 0 aromatic rings. The summed E-state index contributed by atoms with van der Waals surface area (Å²) in [7, 11) is 0. The van der Waals surface area contributed by atoms with Gasteiger partial charge in [0.05, 0.1) is 0 Å². The molecule has 0 aliphatic heterocycles. The molecular formula is C14H28N2. The minimum absolute atomic E-state index is 0.159. The van der Waals surface area contributed by atoms with Crippen LogP contribution in [-0.4, -0.2) is 18.6 Å². The standard InChI is InChI=1S/C14H28N2/c1-12(2)10-16-14(11-15)7-5-6-13(3,4)8-9-14/h16H,1,5-11,15H2,2-4H3. The fourth-order valence-corrected chi connectivity index (χ4v) is 2.52. The van der Waals surface area contributed by atoms with Crippen molar-refractivity contribution in [2.75, 3.05) is 13.1 Å². The SMILES string of the molecule is C=C(C)CNC1(CN)CCCC(C)(C)CC1. The molecule has 0 saturated heterocycles. The molecule has 0 spiro atoms. The van der Waals surface area contributed by atoms with Crippen LogP contribution in [0.1, 0.15) is 52.9 Å². The topological polar surface area (TPSA) is 38.0 Å². The van der Waals surface area contributed by atoms with Gasteiger partial charge in [-0.05, 0) is 38.0 Å². The Morgan fingerprint density at radius 2 is 1.94 bits per heavy atom. The highest BCUT2D eigenvalue weighted by molar-refractivity contribution is 4.99. The van der Waals surface area contributed by atoms with Crippen molar-refractivity contribution in [2.24, 2.45) is 11.1 Å². The molecule has 1 fully saturated rings. The highest BCUT2D eigenvalue weighted by Crippen LogP contribution is 2.37. The van der Waals surface area contributed by atoms with Gasteiger partial charge in [0.25, 0.3) is 0 Å². The molecule has 2 heteroatoms. The zero-order valence-corrected chi connectivity index (χ0v) is 11.2. The molecular weight excluding hydrogens is 196 g/mol. The van der Waals surface area contributed by atoms with E-state index in [9.17, 15) is 0 Å². The lowest BCUT2D eigenvalue weighted by Crippen LogP contribution is -2.51. The Morgan fingerprint density at radius 3 is 2.50 bits per heavy atom. The second-order valence-electron chi connectivity index (χ2n) is 6.31. The molecule has 3 N–H and O–H groups in total. The third-order valence-electron chi connectivity index (χ3n) is 3.95. The molecule has 2 nitrogen and oxygen atoms in total. The molecule has 1 rings (SSSR count). The number of rotatable bonds is 4. The van der Waals surface area contributed by atoms with E-state index < -0.39 is 0 Å². The first-order valence-electron chi connectivity index (χ1n) is 6.49. The largest absolute Gasteiger partial charge is 0.329 e. The average molecular weight is 224 g/mol. The summed E-state index contributed by atoms with van der Waals surface area (Å²) < 4.78 is 0. The molecule has 0 heterocycles. The van der Waals surface area contributed by atoms with E-state index in [0.717, 1.165) is 13.1 Å². The summed E-state index contributed by atoms with van der Waals surface area (Å²) in [4.78, 5) is 0. The van der Waals surface area contributed by atoms with Crippen molar-refractivity contribution in [3.8, 4) is 0 Å². The second-order valence-corrected chi connectivity index (χ2v) is 6.31. The molecule has 1 aliphatic rings. The first kappa shape index (κ1) is 13.7. The summed E-state index contributed by atoms with van der Waals surface area (Å²) in [6.07, 6.45) is 6.29. The molecule has 16 heavy (non-hydrogen) atoms. The van der Waals surface area contributed by atoms with Gasteiger partial charge in [0, 0.05) is 18.6 Å². The lowest BCUT2D eigenvalue weighted by atomic mass is 9.83. The van der Waals surface area contributed by atoms with E-state index in [2.05, 4.69) is 32.7 Å². The highest BCUT2D eigenvalue weighted by atomic mass is 15.0. The Hall–Kier alpha value is -0.340. The maximum Gasteiger partial charge on any atom is 0.0307 e. The third-order valence-corrected chi connectivity index (χ3v) is 3.95. The van der Waals surface area contributed by atoms with Crippen LogP contribution in [0.15, 0.2) is 12.2 Å². The van der Waals surface area contributed by atoms with Gasteiger partial charge in [0.15, 0.2) is 0 Å². The zero-order valence-electron chi connectivity index (χ0n) is 11.2. The van der Waals surface area contributed by atoms with Crippen molar-refractivity contribution < 1.29 is 0 Å². The van der Waals surface area contributed by atoms with E-state index in [-0.39, 0.29) is 5.54 Å². The lowest BCUT2D eigenvalue weighted by Gasteiger charge is -2.33. The Balaban J connectivity index is 2.61. The minimum atomic E-state index is 0.159. The quantitative estimate of drug-likeness (QED) is 0.569. The third kappa shape index (κ3) is 3.91. The molecule has 1 unspecified atom stereocenters. The molecule has 0 radical (unpaired) electrons. The van der Waals surface area contributed by atoms with Crippen molar-refractivity contribution in [3.05, 3.63) is 12.2 Å². The van der Waals surface area contributed by atoms with Gasteiger partial charge in [-0.2, -0.15) is 0 Å². The second kappa shape index (κ2) is 5.33. The van der Waals surface area contributed by atoms with E-state index >= 15 is 0 Å².